The second-order valence-corrected chi connectivity index (χ2v) is 5.67. The summed E-state index contributed by atoms with van der Waals surface area (Å²) in [7, 11) is 2.00. The largest absolute Gasteiger partial charge is 0.478 e. The standard InChI is InChI=1S/C17H22FNO2/c1-19(15-6-4-2-3-5-7-15)16-11-13(8-9-17(20)21)10-14(18)12-16/h8-12,15H,2-7H2,1H3,(H,20,21)/b9-8+. The highest BCUT2D eigenvalue weighted by Crippen LogP contribution is 2.27. The first-order valence-electron chi connectivity index (χ1n) is 7.50. The summed E-state index contributed by atoms with van der Waals surface area (Å²) in [5.41, 5.74) is 1.39. The minimum absolute atomic E-state index is 0.335. The Morgan fingerprint density at radius 3 is 2.52 bits per heavy atom. The quantitative estimate of drug-likeness (QED) is 0.671. The molecule has 2 rings (SSSR count). The van der Waals surface area contributed by atoms with Crippen molar-refractivity contribution in [2.75, 3.05) is 11.9 Å². The summed E-state index contributed by atoms with van der Waals surface area (Å²) in [6, 6.07) is 5.14. The van der Waals surface area contributed by atoms with E-state index in [-0.39, 0.29) is 5.82 Å². The molecule has 21 heavy (non-hydrogen) atoms. The minimum Gasteiger partial charge on any atom is -0.478 e. The lowest BCUT2D eigenvalue weighted by molar-refractivity contribution is -0.131. The molecule has 1 aliphatic rings. The van der Waals surface area contributed by atoms with Crippen LogP contribution in [-0.4, -0.2) is 24.2 Å². The van der Waals surface area contributed by atoms with Gasteiger partial charge in [0.15, 0.2) is 0 Å². The van der Waals surface area contributed by atoms with Crippen molar-refractivity contribution in [3.05, 3.63) is 35.7 Å². The molecule has 0 saturated heterocycles. The number of nitrogens with zero attached hydrogens (tertiary/aromatic N) is 1. The van der Waals surface area contributed by atoms with Crippen LogP contribution in [0.25, 0.3) is 6.08 Å². The zero-order valence-electron chi connectivity index (χ0n) is 12.4. The van der Waals surface area contributed by atoms with Crippen molar-refractivity contribution >= 4 is 17.7 Å². The van der Waals surface area contributed by atoms with E-state index in [0.717, 1.165) is 24.6 Å². The van der Waals surface area contributed by atoms with Crippen LogP contribution >= 0.6 is 0 Å². The van der Waals surface area contributed by atoms with Crippen molar-refractivity contribution in [2.45, 2.75) is 44.6 Å². The number of carboxylic acid groups (broad SMARTS) is 1. The number of halogens is 1. The fourth-order valence-electron chi connectivity index (χ4n) is 2.92. The molecule has 0 bridgehead atoms. The van der Waals surface area contributed by atoms with Crippen LogP contribution in [0.3, 0.4) is 0 Å². The highest BCUT2D eigenvalue weighted by molar-refractivity contribution is 5.85. The molecule has 1 saturated carbocycles. The van der Waals surface area contributed by atoms with Crippen LogP contribution in [-0.2, 0) is 4.79 Å². The number of rotatable bonds is 4. The second kappa shape index (κ2) is 7.25. The predicted octanol–water partition coefficient (Wildman–Crippen LogP) is 4.08. The molecule has 114 valence electrons. The van der Waals surface area contributed by atoms with E-state index < -0.39 is 5.97 Å². The normalized spacial score (nSPS) is 16.9. The van der Waals surface area contributed by atoms with E-state index in [1.54, 1.807) is 0 Å². The van der Waals surface area contributed by atoms with Crippen molar-refractivity contribution < 1.29 is 14.3 Å². The molecule has 1 aliphatic carbocycles. The molecule has 0 radical (unpaired) electrons. The SMILES string of the molecule is CN(c1cc(F)cc(/C=C/C(=O)O)c1)C1CCCCCC1. The van der Waals surface area contributed by atoms with Crippen molar-refractivity contribution in [3.8, 4) is 0 Å². The predicted molar refractivity (Wildman–Crippen MR) is 83.0 cm³/mol. The fourth-order valence-corrected chi connectivity index (χ4v) is 2.92. The maximum absolute atomic E-state index is 13.8. The number of carboxylic acids is 1. The highest BCUT2D eigenvalue weighted by atomic mass is 19.1. The van der Waals surface area contributed by atoms with Crippen LogP contribution in [0, 0.1) is 5.82 Å². The van der Waals surface area contributed by atoms with Gasteiger partial charge in [-0.05, 0) is 42.7 Å². The van der Waals surface area contributed by atoms with E-state index in [1.807, 2.05) is 13.1 Å². The first-order valence-corrected chi connectivity index (χ1v) is 7.50. The van der Waals surface area contributed by atoms with Gasteiger partial charge in [0.1, 0.15) is 5.82 Å². The molecular weight excluding hydrogens is 269 g/mol. The molecule has 0 aliphatic heterocycles. The Kier molecular flexibility index (Phi) is 5.37. The van der Waals surface area contributed by atoms with Crippen LogP contribution < -0.4 is 4.90 Å². The van der Waals surface area contributed by atoms with Gasteiger partial charge in [-0.25, -0.2) is 9.18 Å². The number of anilines is 1. The molecule has 1 aromatic rings. The van der Waals surface area contributed by atoms with Crippen molar-refractivity contribution in [2.24, 2.45) is 0 Å². The molecule has 0 heterocycles. The Morgan fingerprint density at radius 2 is 1.90 bits per heavy atom. The van der Waals surface area contributed by atoms with E-state index in [4.69, 9.17) is 5.11 Å². The molecule has 3 nitrogen and oxygen atoms in total. The molecule has 1 fully saturated rings. The summed E-state index contributed by atoms with van der Waals surface area (Å²) >= 11 is 0. The average Bonchev–Trinajstić information content (AvgIpc) is 2.72. The molecule has 0 unspecified atom stereocenters. The lowest BCUT2D eigenvalue weighted by atomic mass is 10.1. The number of benzene rings is 1. The fraction of sp³-hybridized carbons (Fsp3) is 0.471. The Bertz CT molecular complexity index is 520. The molecule has 0 amide bonds. The zero-order chi connectivity index (χ0) is 15.2. The summed E-state index contributed by atoms with van der Waals surface area (Å²) < 4.78 is 13.8. The smallest absolute Gasteiger partial charge is 0.328 e. The summed E-state index contributed by atoms with van der Waals surface area (Å²) in [6.07, 6.45) is 9.72. The third-order valence-corrected chi connectivity index (χ3v) is 4.10. The average molecular weight is 291 g/mol. The van der Waals surface area contributed by atoms with E-state index in [2.05, 4.69) is 4.90 Å². The van der Waals surface area contributed by atoms with Crippen molar-refractivity contribution in [1.82, 2.24) is 0 Å². The Hall–Kier alpha value is -1.84. The molecule has 1 N–H and O–H groups in total. The highest BCUT2D eigenvalue weighted by Gasteiger charge is 2.18. The number of aliphatic carboxylic acids is 1. The van der Waals surface area contributed by atoms with Gasteiger partial charge >= 0.3 is 5.97 Å². The molecule has 1 aromatic carbocycles. The molecule has 0 aromatic heterocycles. The Labute approximate surface area is 125 Å². The topological polar surface area (TPSA) is 40.5 Å². The van der Waals surface area contributed by atoms with E-state index in [9.17, 15) is 9.18 Å². The van der Waals surface area contributed by atoms with Crippen LogP contribution in [0.5, 0.6) is 0 Å². The zero-order valence-corrected chi connectivity index (χ0v) is 12.4. The van der Waals surface area contributed by atoms with Gasteiger partial charge in [0.25, 0.3) is 0 Å². The molecule has 4 heteroatoms. The second-order valence-electron chi connectivity index (χ2n) is 5.67. The van der Waals surface area contributed by atoms with E-state index in [1.165, 1.54) is 43.9 Å². The first-order chi connectivity index (χ1) is 10.1. The Morgan fingerprint density at radius 1 is 1.24 bits per heavy atom. The van der Waals surface area contributed by atoms with E-state index in [0.29, 0.717) is 11.6 Å². The lowest BCUT2D eigenvalue weighted by Crippen LogP contribution is -2.31. The first kappa shape index (κ1) is 15.5. The molecular formula is C17H22FNO2. The maximum atomic E-state index is 13.8. The van der Waals surface area contributed by atoms with Gasteiger partial charge in [0.2, 0.25) is 0 Å². The lowest BCUT2D eigenvalue weighted by Gasteiger charge is -2.29. The number of hydrogen-bond acceptors (Lipinski definition) is 2. The minimum atomic E-state index is -1.03. The molecule has 0 spiro atoms. The van der Waals surface area contributed by atoms with Gasteiger partial charge < -0.3 is 10.0 Å². The van der Waals surface area contributed by atoms with Gasteiger partial charge in [0.05, 0.1) is 0 Å². The van der Waals surface area contributed by atoms with Crippen LogP contribution in [0.1, 0.15) is 44.1 Å². The van der Waals surface area contributed by atoms with Gasteiger partial charge in [-0.1, -0.05) is 25.7 Å². The van der Waals surface area contributed by atoms with E-state index >= 15 is 0 Å². The van der Waals surface area contributed by atoms with Gasteiger partial charge in [-0.2, -0.15) is 0 Å². The Balaban J connectivity index is 2.19. The summed E-state index contributed by atoms with van der Waals surface area (Å²) in [5.74, 6) is -1.36. The van der Waals surface area contributed by atoms with Crippen molar-refractivity contribution in [1.29, 1.82) is 0 Å². The summed E-state index contributed by atoms with van der Waals surface area (Å²) in [6.45, 7) is 0. The van der Waals surface area contributed by atoms with Crippen LogP contribution in [0.15, 0.2) is 24.3 Å². The van der Waals surface area contributed by atoms with Crippen molar-refractivity contribution in [3.63, 3.8) is 0 Å². The maximum Gasteiger partial charge on any atom is 0.328 e. The number of hydrogen-bond donors (Lipinski definition) is 1. The summed E-state index contributed by atoms with van der Waals surface area (Å²) in [5, 5.41) is 8.67. The monoisotopic (exact) mass is 291 g/mol. The van der Waals surface area contributed by atoms with Gasteiger partial charge in [-0.15, -0.1) is 0 Å². The van der Waals surface area contributed by atoms with Gasteiger partial charge in [-0.3, -0.25) is 0 Å². The van der Waals surface area contributed by atoms with Gasteiger partial charge in [0, 0.05) is 24.9 Å². The molecule has 0 atom stereocenters. The van der Waals surface area contributed by atoms with Crippen LogP contribution in [0.4, 0.5) is 10.1 Å². The number of carbonyl (C=O) groups is 1. The third kappa shape index (κ3) is 4.59. The van der Waals surface area contributed by atoms with Crippen LogP contribution in [0.2, 0.25) is 0 Å². The summed E-state index contributed by atoms with van der Waals surface area (Å²) in [4.78, 5) is 12.7. The third-order valence-electron chi connectivity index (χ3n) is 4.10.